The molecule has 1 aliphatic heterocycles. The summed E-state index contributed by atoms with van der Waals surface area (Å²) in [6, 6.07) is 7.01. The van der Waals surface area contributed by atoms with Gasteiger partial charge in [0.1, 0.15) is 0 Å². The molecule has 0 amide bonds. The third-order valence-corrected chi connectivity index (χ3v) is 6.36. The summed E-state index contributed by atoms with van der Waals surface area (Å²) in [6.45, 7) is 6.73. The highest BCUT2D eigenvalue weighted by Crippen LogP contribution is 2.33. The molecular formula is C16H22BrNO2S. The Kier molecular flexibility index (Phi) is 5.28. The molecule has 1 aliphatic rings. The first-order chi connectivity index (χ1) is 9.82. The van der Waals surface area contributed by atoms with E-state index in [2.05, 4.69) is 35.9 Å². The summed E-state index contributed by atoms with van der Waals surface area (Å²) in [4.78, 5) is 0.379. The van der Waals surface area contributed by atoms with E-state index < -0.39 is 10.0 Å². The monoisotopic (exact) mass is 371 g/mol. The van der Waals surface area contributed by atoms with Gasteiger partial charge in [-0.3, -0.25) is 0 Å². The van der Waals surface area contributed by atoms with Crippen molar-refractivity contribution < 1.29 is 8.42 Å². The van der Waals surface area contributed by atoms with Crippen molar-refractivity contribution >= 4 is 26.0 Å². The van der Waals surface area contributed by atoms with Gasteiger partial charge in [-0.05, 0) is 37.8 Å². The molecule has 0 aromatic heterocycles. The molecule has 0 N–H and O–H groups in total. The maximum absolute atomic E-state index is 12.8. The summed E-state index contributed by atoms with van der Waals surface area (Å²) < 4.78 is 28.3. The van der Waals surface area contributed by atoms with Crippen LogP contribution in [0.2, 0.25) is 0 Å². The maximum Gasteiger partial charge on any atom is 0.243 e. The zero-order valence-corrected chi connectivity index (χ0v) is 15.1. The van der Waals surface area contributed by atoms with Crippen LogP contribution in [-0.2, 0) is 10.0 Å². The molecule has 1 heterocycles. The topological polar surface area (TPSA) is 37.4 Å². The lowest BCUT2D eigenvalue weighted by atomic mass is 10.1. The Hall–Kier alpha value is -0.650. The molecule has 3 nitrogen and oxygen atoms in total. The molecule has 1 aromatic rings. The molecule has 5 heteroatoms. The van der Waals surface area contributed by atoms with Crippen molar-refractivity contribution in [3.63, 3.8) is 0 Å². The van der Waals surface area contributed by atoms with Crippen LogP contribution in [0.1, 0.15) is 32.3 Å². The number of aryl methyl sites for hydroxylation is 1. The van der Waals surface area contributed by atoms with Gasteiger partial charge in [-0.2, -0.15) is 4.31 Å². The second-order valence-corrected chi connectivity index (χ2v) is 8.69. The van der Waals surface area contributed by atoms with Crippen molar-refractivity contribution in [1.82, 2.24) is 4.31 Å². The van der Waals surface area contributed by atoms with E-state index in [9.17, 15) is 8.42 Å². The Bertz CT molecular complexity index is 620. The molecule has 2 rings (SSSR count). The molecule has 0 aliphatic carbocycles. The highest BCUT2D eigenvalue weighted by Gasteiger charge is 2.36. The molecule has 21 heavy (non-hydrogen) atoms. The quantitative estimate of drug-likeness (QED) is 0.799. The van der Waals surface area contributed by atoms with E-state index in [1.165, 1.54) is 0 Å². The van der Waals surface area contributed by atoms with E-state index in [0.717, 1.165) is 22.9 Å². The molecule has 1 unspecified atom stereocenters. The van der Waals surface area contributed by atoms with Crippen molar-refractivity contribution in [3.8, 4) is 0 Å². The smallest absolute Gasteiger partial charge is 0.207 e. The Morgan fingerprint density at radius 1 is 1.33 bits per heavy atom. The van der Waals surface area contributed by atoms with E-state index in [1.807, 2.05) is 19.1 Å². The molecule has 116 valence electrons. The number of allylic oxidation sites excluding steroid dienone is 1. The van der Waals surface area contributed by atoms with Crippen molar-refractivity contribution in [2.24, 2.45) is 5.92 Å². The van der Waals surface area contributed by atoms with Gasteiger partial charge in [0.15, 0.2) is 0 Å². The highest BCUT2D eigenvalue weighted by molar-refractivity contribution is 9.11. The highest BCUT2D eigenvalue weighted by atomic mass is 79.9. The van der Waals surface area contributed by atoms with Gasteiger partial charge in [-0.1, -0.05) is 53.5 Å². The molecular weight excluding hydrogens is 350 g/mol. The lowest BCUT2D eigenvalue weighted by Crippen LogP contribution is -2.35. The van der Waals surface area contributed by atoms with Gasteiger partial charge in [0.25, 0.3) is 0 Å². The average molecular weight is 372 g/mol. The molecule has 0 radical (unpaired) electrons. The summed E-state index contributed by atoms with van der Waals surface area (Å²) >= 11 is 3.58. The van der Waals surface area contributed by atoms with E-state index in [4.69, 9.17) is 0 Å². The Morgan fingerprint density at radius 2 is 1.95 bits per heavy atom. The molecule has 1 aromatic carbocycles. The van der Waals surface area contributed by atoms with Gasteiger partial charge in [-0.15, -0.1) is 0 Å². The van der Waals surface area contributed by atoms with Crippen LogP contribution in [0.25, 0.3) is 0 Å². The van der Waals surface area contributed by atoms with Gasteiger partial charge in [-0.25, -0.2) is 8.42 Å². The van der Waals surface area contributed by atoms with Crippen LogP contribution >= 0.6 is 15.9 Å². The number of halogens is 1. The first-order valence-electron chi connectivity index (χ1n) is 7.28. The van der Waals surface area contributed by atoms with Crippen LogP contribution in [0.15, 0.2) is 39.7 Å². The standard InChI is InChI=1S/C16H22BrNO2S/c1-12(2)11-15(17)16-5-4-10-18(16)21(19,20)14-8-6-13(3)7-9-14/h6-9,11-12,16H,4-5,10H2,1-3H3/b15-11+. The van der Waals surface area contributed by atoms with Crippen LogP contribution in [0.4, 0.5) is 0 Å². The summed E-state index contributed by atoms with van der Waals surface area (Å²) in [5.74, 6) is 0.393. The summed E-state index contributed by atoms with van der Waals surface area (Å²) in [7, 11) is -3.42. The van der Waals surface area contributed by atoms with Gasteiger partial charge >= 0.3 is 0 Å². The van der Waals surface area contributed by atoms with E-state index in [-0.39, 0.29) is 6.04 Å². The Morgan fingerprint density at radius 3 is 2.52 bits per heavy atom. The fraction of sp³-hybridized carbons (Fsp3) is 0.500. The predicted octanol–water partition coefficient (Wildman–Crippen LogP) is 4.08. The fourth-order valence-corrected chi connectivity index (χ4v) is 5.39. The van der Waals surface area contributed by atoms with E-state index in [1.54, 1.807) is 16.4 Å². The van der Waals surface area contributed by atoms with Crippen LogP contribution in [0, 0.1) is 12.8 Å². The van der Waals surface area contributed by atoms with Crippen LogP contribution in [-0.4, -0.2) is 25.3 Å². The predicted molar refractivity (Wildman–Crippen MR) is 89.9 cm³/mol. The Balaban J connectivity index is 2.32. The van der Waals surface area contributed by atoms with Crippen LogP contribution < -0.4 is 0 Å². The molecule has 1 saturated heterocycles. The molecule has 0 spiro atoms. The minimum Gasteiger partial charge on any atom is -0.207 e. The minimum atomic E-state index is -3.42. The van der Waals surface area contributed by atoms with Crippen molar-refractivity contribution in [2.45, 2.75) is 44.6 Å². The number of hydrogen-bond donors (Lipinski definition) is 0. The zero-order valence-electron chi connectivity index (χ0n) is 12.7. The number of rotatable bonds is 4. The lowest BCUT2D eigenvalue weighted by Gasteiger charge is -2.24. The minimum absolute atomic E-state index is 0.0706. The third-order valence-electron chi connectivity index (χ3n) is 3.64. The second-order valence-electron chi connectivity index (χ2n) is 5.88. The lowest BCUT2D eigenvalue weighted by molar-refractivity contribution is 0.429. The largest absolute Gasteiger partial charge is 0.243 e. The fourth-order valence-electron chi connectivity index (χ4n) is 2.58. The first-order valence-corrected chi connectivity index (χ1v) is 9.51. The number of benzene rings is 1. The van der Waals surface area contributed by atoms with E-state index >= 15 is 0 Å². The zero-order chi connectivity index (χ0) is 15.6. The van der Waals surface area contributed by atoms with Crippen LogP contribution in [0.5, 0.6) is 0 Å². The summed E-state index contributed by atoms with van der Waals surface area (Å²) in [5.41, 5.74) is 1.06. The normalized spacial score (nSPS) is 21.2. The van der Waals surface area contributed by atoms with Gasteiger partial charge in [0.2, 0.25) is 10.0 Å². The summed E-state index contributed by atoms with van der Waals surface area (Å²) in [6.07, 6.45) is 3.86. The SMILES string of the molecule is Cc1ccc(S(=O)(=O)N2CCCC2/C(Br)=C\C(C)C)cc1. The number of sulfonamides is 1. The Labute approximate surface area is 136 Å². The molecule has 0 bridgehead atoms. The second kappa shape index (κ2) is 6.63. The number of hydrogen-bond acceptors (Lipinski definition) is 2. The van der Waals surface area contributed by atoms with Crippen molar-refractivity contribution in [2.75, 3.05) is 6.54 Å². The first kappa shape index (κ1) is 16.7. The van der Waals surface area contributed by atoms with Crippen molar-refractivity contribution in [3.05, 3.63) is 40.4 Å². The maximum atomic E-state index is 12.8. The van der Waals surface area contributed by atoms with Gasteiger partial charge in [0.05, 0.1) is 10.9 Å². The average Bonchev–Trinajstić information content (AvgIpc) is 2.88. The number of nitrogens with zero attached hydrogens (tertiary/aromatic N) is 1. The molecule has 1 atom stereocenters. The molecule has 0 saturated carbocycles. The van der Waals surface area contributed by atoms with Crippen LogP contribution in [0.3, 0.4) is 0 Å². The van der Waals surface area contributed by atoms with E-state index in [0.29, 0.717) is 17.4 Å². The van der Waals surface area contributed by atoms with Gasteiger partial charge < -0.3 is 0 Å². The molecule has 1 fully saturated rings. The third kappa shape index (κ3) is 3.76. The van der Waals surface area contributed by atoms with Crippen molar-refractivity contribution in [1.29, 1.82) is 0 Å². The summed E-state index contributed by atoms with van der Waals surface area (Å²) in [5, 5.41) is 0. The van der Waals surface area contributed by atoms with Gasteiger partial charge in [0, 0.05) is 11.0 Å².